The van der Waals surface area contributed by atoms with Crippen molar-refractivity contribution in [2.75, 3.05) is 5.73 Å². The van der Waals surface area contributed by atoms with Crippen molar-refractivity contribution in [1.82, 2.24) is 9.55 Å². The molecule has 114 valence electrons. The number of alkyl halides is 3. The highest BCUT2D eigenvalue weighted by molar-refractivity contribution is 5.71. The molecule has 0 atom stereocenters. The zero-order chi connectivity index (χ0) is 15.6. The predicted molar refractivity (Wildman–Crippen MR) is 76.7 cm³/mol. The van der Waals surface area contributed by atoms with Gasteiger partial charge in [-0.15, -0.1) is 0 Å². The van der Waals surface area contributed by atoms with Gasteiger partial charge in [-0.1, -0.05) is 19.1 Å². The Morgan fingerprint density at radius 1 is 1.24 bits per heavy atom. The Hall–Kier alpha value is -1.98. The van der Waals surface area contributed by atoms with E-state index in [0.29, 0.717) is 23.6 Å². The first kappa shape index (κ1) is 15.4. The summed E-state index contributed by atoms with van der Waals surface area (Å²) < 4.78 is 40.2. The van der Waals surface area contributed by atoms with Crippen LogP contribution in [0.25, 0.3) is 11.3 Å². The number of rotatable bonds is 4. The number of hydrogen-bond donors (Lipinski definition) is 1. The van der Waals surface area contributed by atoms with Crippen LogP contribution in [0.5, 0.6) is 0 Å². The maximum Gasteiger partial charge on any atom is 0.416 e. The van der Waals surface area contributed by atoms with Crippen molar-refractivity contribution in [3.63, 3.8) is 0 Å². The summed E-state index contributed by atoms with van der Waals surface area (Å²) in [6, 6.07) is 5.11. The largest absolute Gasteiger partial charge is 0.416 e. The number of aromatic nitrogens is 2. The van der Waals surface area contributed by atoms with Gasteiger partial charge in [0.1, 0.15) is 17.3 Å². The van der Waals surface area contributed by atoms with Crippen molar-refractivity contribution in [3.8, 4) is 11.3 Å². The lowest BCUT2D eigenvalue weighted by Gasteiger charge is -2.08. The molecule has 0 aliphatic rings. The first-order chi connectivity index (χ1) is 9.88. The Kier molecular flexibility index (Phi) is 4.25. The predicted octanol–water partition coefficient (Wildman–Crippen LogP) is 4.12. The lowest BCUT2D eigenvalue weighted by atomic mass is 10.1. The van der Waals surface area contributed by atoms with E-state index in [9.17, 15) is 13.2 Å². The number of nitrogens with two attached hydrogens (primary N) is 1. The van der Waals surface area contributed by atoms with E-state index in [4.69, 9.17) is 5.73 Å². The van der Waals surface area contributed by atoms with Gasteiger partial charge >= 0.3 is 6.18 Å². The molecule has 0 aliphatic heterocycles. The third-order valence-corrected chi connectivity index (χ3v) is 3.34. The number of halogens is 3. The van der Waals surface area contributed by atoms with Crippen LogP contribution in [0.4, 0.5) is 19.0 Å². The van der Waals surface area contributed by atoms with Gasteiger partial charge in [0.15, 0.2) is 0 Å². The minimum absolute atomic E-state index is 0.395. The molecule has 0 fully saturated rings. The summed E-state index contributed by atoms with van der Waals surface area (Å²) in [5.41, 5.74) is 6.18. The number of benzene rings is 1. The van der Waals surface area contributed by atoms with Crippen LogP contribution in [-0.2, 0) is 19.1 Å². The zero-order valence-corrected chi connectivity index (χ0v) is 12.0. The molecule has 1 aromatic heterocycles. The second-order valence-electron chi connectivity index (χ2n) is 4.83. The fourth-order valence-corrected chi connectivity index (χ4v) is 2.34. The smallest absolute Gasteiger partial charge is 0.383 e. The van der Waals surface area contributed by atoms with Gasteiger partial charge in [0, 0.05) is 18.5 Å². The average molecular weight is 297 g/mol. The Bertz CT molecular complexity index is 630. The molecule has 0 unspecified atom stereocenters. The molecule has 0 radical (unpaired) electrons. The molecule has 0 amide bonds. The summed E-state index contributed by atoms with van der Waals surface area (Å²) in [7, 11) is 0. The van der Waals surface area contributed by atoms with Gasteiger partial charge < -0.3 is 10.3 Å². The SMILES string of the molecule is CCCc1nc(-c2cccc(C(F)(F)F)c2)c(N)n1CC. The number of nitrogens with zero attached hydrogens (tertiary/aromatic N) is 2. The lowest BCUT2D eigenvalue weighted by molar-refractivity contribution is -0.137. The average Bonchev–Trinajstić information content (AvgIpc) is 2.75. The van der Waals surface area contributed by atoms with Crippen LogP contribution in [0.1, 0.15) is 31.7 Å². The maximum atomic E-state index is 12.8. The van der Waals surface area contributed by atoms with Crippen LogP contribution >= 0.6 is 0 Å². The zero-order valence-electron chi connectivity index (χ0n) is 12.0. The van der Waals surface area contributed by atoms with Crippen molar-refractivity contribution in [2.45, 2.75) is 39.4 Å². The van der Waals surface area contributed by atoms with Gasteiger partial charge in [0.2, 0.25) is 0 Å². The fraction of sp³-hybridized carbons (Fsp3) is 0.400. The van der Waals surface area contributed by atoms with Gasteiger partial charge in [-0.25, -0.2) is 4.98 Å². The van der Waals surface area contributed by atoms with E-state index >= 15 is 0 Å². The van der Waals surface area contributed by atoms with E-state index in [1.807, 2.05) is 18.4 Å². The third-order valence-electron chi connectivity index (χ3n) is 3.34. The molecule has 1 aromatic carbocycles. The number of imidazole rings is 1. The standard InChI is InChI=1S/C15H18F3N3/c1-3-6-12-20-13(14(19)21(12)4-2)10-7-5-8-11(9-10)15(16,17)18/h5,7-9H,3-4,6,19H2,1-2H3. The maximum absolute atomic E-state index is 12.8. The quantitative estimate of drug-likeness (QED) is 0.922. The monoisotopic (exact) mass is 297 g/mol. The first-order valence-electron chi connectivity index (χ1n) is 6.91. The number of nitrogen functional groups attached to an aromatic ring is 1. The van der Waals surface area contributed by atoms with Crippen molar-refractivity contribution in [3.05, 3.63) is 35.7 Å². The highest BCUT2D eigenvalue weighted by Gasteiger charge is 2.30. The summed E-state index contributed by atoms with van der Waals surface area (Å²) in [6.07, 6.45) is -2.72. The molecule has 2 rings (SSSR count). The van der Waals surface area contributed by atoms with Crippen LogP contribution in [0, 0.1) is 0 Å². The van der Waals surface area contributed by atoms with Crippen LogP contribution in [0.2, 0.25) is 0 Å². The highest BCUT2D eigenvalue weighted by Crippen LogP contribution is 2.33. The van der Waals surface area contributed by atoms with Crippen LogP contribution in [-0.4, -0.2) is 9.55 Å². The summed E-state index contributed by atoms with van der Waals surface area (Å²) in [6.45, 7) is 4.61. The Morgan fingerprint density at radius 2 is 1.95 bits per heavy atom. The molecule has 1 heterocycles. The molecule has 0 bridgehead atoms. The van der Waals surface area contributed by atoms with Gasteiger partial charge in [-0.3, -0.25) is 0 Å². The topological polar surface area (TPSA) is 43.8 Å². The van der Waals surface area contributed by atoms with E-state index in [-0.39, 0.29) is 0 Å². The fourth-order valence-electron chi connectivity index (χ4n) is 2.34. The molecule has 21 heavy (non-hydrogen) atoms. The minimum atomic E-state index is -4.37. The van der Waals surface area contributed by atoms with E-state index < -0.39 is 11.7 Å². The summed E-state index contributed by atoms with van der Waals surface area (Å²) in [5.74, 6) is 1.23. The summed E-state index contributed by atoms with van der Waals surface area (Å²) in [4.78, 5) is 4.43. The van der Waals surface area contributed by atoms with E-state index in [0.717, 1.165) is 30.8 Å². The van der Waals surface area contributed by atoms with Gasteiger partial charge in [-0.2, -0.15) is 13.2 Å². The van der Waals surface area contributed by atoms with Crippen molar-refractivity contribution in [2.24, 2.45) is 0 Å². The molecule has 2 N–H and O–H groups in total. The molecule has 0 spiro atoms. The van der Waals surface area contributed by atoms with Crippen molar-refractivity contribution >= 4 is 5.82 Å². The number of aryl methyl sites for hydroxylation is 1. The number of hydrogen-bond acceptors (Lipinski definition) is 2. The van der Waals surface area contributed by atoms with Gasteiger partial charge in [0.25, 0.3) is 0 Å². The lowest BCUT2D eigenvalue weighted by Crippen LogP contribution is -2.05. The Labute approximate surface area is 121 Å². The minimum Gasteiger partial charge on any atom is -0.383 e. The first-order valence-corrected chi connectivity index (χ1v) is 6.91. The highest BCUT2D eigenvalue weighted by atomic mass is 19.4. The van der Waals surface area contributed by atoms with Crippen LogP contribution < -0.4 is 5.73 Å². The van der Waals surface area contributed by atoms with Crippen molar-refractivity contribution in [1.29, 1.82) is 0 Å². The molecule has 3 nitrogen and oxygen atoms in total. The molecule has 0 aliphatic carbocycles. The summed E-state index contributed by atoms with van der Waals surface area (Å²) in [5, 5.41) is 0. The van der Waals surface area contributed by atoms with Gasteiger partial charge in [0.05, 0.1) is 5.56 Å². The Morgan fingerprint density at radius 3 is 2.52 bits per heavy atom. The van der Waals surface area contributed by atoms with E-state index in [1.54, 1.807) is 6.07 Å². The van der Waals surface area contributed by atoms with Crippen LogP contribution in [0.15, 0.2) is 24.3 Å². The Balaban J connectivity index is 2.52. The van der Waals surface area contributed by atoms with Crippen molar-refractivity contribution < 1.29 is 13.2 Å². The molecular weight excluding hydrogens is 279 g/mol. The van der Waals surface area contributed by atoms with Crippen LogP contribution in [0.3, 0.4) is 0 Å². The summed E-state index contributed by atoms with van der Waals surface area (Å²) >= 11 is 0. The third kappa shape index (κ3) is 3.04. The normalized spacial score (nSPS) is 11.9. The second kappa shape index (κ2) is 5.79. The molecule has 0 saturated carbocycles. The second-order valence-corrected chi connectivity index (χ2v) is 4.83. The molecule has 2 aromatic rings. The number of anilines is 1. The van der Waals surface area contributed by atoms with Gasteiger partial charge in [-0.05, 0) is 25.5 Å². The molecule has 6 heteroatoms. The van der Waals surface area contributed by atoms with E-state index in [1.165, 1.54) is 6.07 Å². The molecule has 0 saturated heterocycles. The van der Waals surface area contributed by atoms with E-state index in [2.05, 4.69) is 4.98 Å². The molecular formula is C15H18F3N3.